The second-order valence-corrected chi connectivity index (χ2v) is 10.2. The molecule has 0 unspecified atom stereocenters. The molecule has 0 atom stereocenters. The normalized spacial score (nSPS) is 22.6. The molecule has 0 saturated heterocycles. The molecule has 1 heterocycles. The minimum Gasteiger partial charge on any atom is -0.385 e. The molecule has 1 aliphatic carbocycles. The Bertz CT molecular complexity index is 858. The van der Waals surface area contributed by atoms with Gasteiger partial charge in [0.1, 0.15) is 0 Å². The average Bonchev–Trinajstić information content (AvgIpc) is 2.90. The lowest BCUT2D eigenvalue weighted by Gasteiger charge is -2.29. The number of imide groups is 1. The fourth-order valence-corrected chi connectivity index (χ4v) is 4.78. The Balaban J connectivity index is 1.52. The monoisotopic (exact) mass is 407 g/mol. The van der Waals surface area contributed by atoms with Crippen molar-refractivity contribution in [3.63, 3.8) is 0 Å². The van der Waals surface area contributed by atoms with Crippen LogP contribution < -0.4 is 10.0 Å². The topological polar surface area (TPSA) is 95.6 Å². The summed E-state index contributed by atoms with van der Waals surface area (Å²) in [5.74, 6) is -0.00199. The van der Waals surface area contributed by atoms with Crippen LogP contribution in [0.2, 0.25) is 0 Å². The van der Waals surface area contributed by atoms with Crippen molar-refractivity contribution in [3.05, 3.63) is 29.3 Å². The maximum Gasteiger partial charge on any atom is 0.261 e. The van der Waals surface area contributed by atoms with Gasteiger partial charge in [-0.1, -0.05) is 0 Å². The lowest BCUT2D eigenvalue weighted by molar-refractivity contribution is 0.0663. The first-order chi connectivity index (χ1) is 13.2. The van der Waals surface area contributed by atoms with Crippen LogP contribution in [0.3, 0.4) is 0 Å². The van der Waals surface area contributed by atoms with Gasteiger partial charge in [-0.15, -0.1) is 0 Å². The van der Waals surface area contributed by atoms with Gasteiger partial charge in [-0.05, 0) is 70.6 Å². The summed E-state index contributed by atoms with van der Waals surface area (Å²) >= 11 is 0. The Labute approximate surface area is 166 Å². The quantitative estimate of drug-likeness (QED) is 0.678. The number of carbonyl (C=O) groups excluding carboxylic acids is 2. The van der Waals surface area contributed by atoms with Crippen molar-refractivity contribution < 1.29 is 18.0 Å². The van der Waals surface area contributed by atoms with Crippen LogP contribution >= 0.6 is 0 Å². The standard InChI is InChI=1S/C20H29N3O4S/c1-4-23-19(24)17-10-9-16(11-18(17)20(23)25)21-12-14-5-7-15(8-6-14)22-28(26,27)13(2)3/h9-11,13-15,21-22H,4-8,12H2,1-3H3/t14-,15-. The number of rotatable bonds is 7. The second-order valence-electron chi connectivity index (χ2n) is 7.93. The molecule has 1 fully saturated rings. The largest absolute Gasteiger partial charge is 0.385 e. The van der Waals surface area contributed by atoms with Crippen molar-refractivity contribution in [1.29, 1.82) is 0 Å². The van der Waals surface area contributed by atoms with Crippen molar-refractivity contribution in [1.82, 2.24) is 9.62 Å². The Kier molecular flexibility index (Phi) is 6.09. The van der Waals surface area contributed by atoms with E-state index in [9.17, 15) is 18.0 Å². The van der Waals surface area contributed by atoms with E-state index < -0.39 is 15.3 Å². The predicted octanol–water partition coefficient (Wildman–Crippen LogP) is 2.60. The molecule has 0 spiro atoms. The molecule has 2 aliphatic rings. The molecule has 0 bridgehead atoms. The molecule has 7 nitrogen and oxygen atoms in total. The molecule has 1 aromatic rings. The molecule has 3 rings (SSSR count). The van der Waals surface area contributed by atoms with Crippen molar-refractivity contribution in [2.75, 3.05) is 18.4 Å². The van der Waals surface area contributed by atoms with Gasteiger partial charge in [-0.3, -0.25) is 14.5 Å². The number of hydrogen-bond donors (Lipinski definition) is 2. The molecular weight excluding hydrogens is 378 g/mol. The minimum absolute atomic E-state index is 0.0207. The molecular formula is C20H29N3O4S. The first-order valence-electron chi connectivity index (χ1n) is 9.98. The van der Waals surface area contributed by atoms with Gasteiger partial charge < -0.3 is 5.32 Å². The second kappa shape index (κ2) is 8.21. The summed E-state index contributed by atoms with van der Waals surface area (Å²) in [6.07, 6.45) is 3.57. The Morgan fingerprint density at radius 1 is 1.07 bits per heavy atom. The summed E-state index contributed by atoms with van der Waals surface area (Å²) in [6.45, 7) is 6.30. The van der Waals surface area contributed by atoms with Crippen molar-refractivity contribution in [2.24, 2.45) is 5.92 Å². The van der Waals surface area contributed by atoms with E-state index in [0.29, 0.717) is 23.6 Å². The number of hydrogen-bond acceptors (Lipinski definition) is 5. The Morgan fingerprint density at radius 3 is 2.32 bits per heavy atom. The highest BCUT2D eigenvalue weighted by atomic mass is 32.2. The first kappa shape index (κ1) is 20.8. The molecule has 0 radical (unpaired) electrons. The number of amides is 2. The van der Waals surface area contributed by atoms with Gasteiger partial charge in [0.05, 0.1) is 16.4 Å². The Hall–Kier alpha value is -1.93. The number of nitrogens with one attached hydrogen (secondary N) is 2. The number of fused-ring (bicyclic) bond motifs is 1. The lowest BCUT2D eigenvalue weighted by Crippen LogP contribution is -2.41. The summed E-state index contributed by atoms with van der Waals surface area (Å²) in [5.41, 5.74) is 1.76. The van der Waals surface area contributed by atoms with Gasteiger partial charge in [0.25, 0.3) is 11.8 Å². The zero-order valence-electron chi connectivity index (χ0n) is 16.7. The third kappa shape index (κ3) is 4.22. The van der Waals surface area contributed by atoms with Crippen LogP contribution in [0.1, 0.15) is 67.2 Å². The third-order valence-electron chi connectivity index (χ3n) is 5.68. The SMILES string of the molecule is CCN1C(=O)c2ccc(NC[C@H]3CC[C@H](NS(=O)(=O)C(C)C)CC3)cc2C1=O. The lowest BCUT2D eigenvalue weighted by atomic mass is 9.86. The average molecular weight is 408 g/mol. The van der Waals surface area contributed by atoms with E-state index in [0.717, 1.165) is 37.9 Å². The number of sulfonamides is 1. The predicted molar refractivity (Wildman–Crippen MR) is 109 cm³/mol. The summed E-state index contributed by atoms with van der Waals surface area (Å²) in [7, 11) is -3.22. The van der Waals surface area contributed by atoms with E-state index in [-0.39, 0.29) is 17.9 Å². The highest BCUT2D eigenvalue weighted by Crippen LogP contribution is 2.28. The van der Waals surface area contributed by atoms with Crippen molar-refractivity contribution in [2.45, 2.75) is 57.7 Å². The number of carbonyl (C=O) groups is 2. The Morgan fingerprint density at radius 2 is 1.71 bits per heavy atom. The van der Waals surface area contributed by atoms with Gasteiger partial charge in [-0.25, -0.2) is 13.1 Å². The van der Waals surface area contributed by atoms with Gasteiger partial charge in [-0.2, -0.15) is 0 Å². The smallest absolute Gasteiger partial charge is 0.261 e. The molecule has 0 aromatic heterocycles. The van der Waals surface area contributed by atoms with E-state index >= 15 is 0 Å². The molecule has 8 heteroatoms. The number of benzene rings is 1. The number of nitrogens with zero attached hydrogens (tertiary/aromatic N) is 1. The molecule has 1 aromatic carbocycles. The number of anilines is 1. The van der Waals surface area contributed by atoms with Gasteiger partial charge in [0, 0.05) is 24.8 Å². The zero-order valence-corrected chi connectivity index (χ0v) is 17.5. The van der Waals surface area contributed by atoms with E-state index in [1.807, 2.05) is 6.07 Å². The first-order valence-corrected chi connectivity index (χ1v) is 11.5. The fraction of sp³-hybridized carbons (Fsp3) is 0.600. The maximum atomic E-state index is 12.3. The van der Waals surface area contributed by atoms with Crippen LogP contribution in [-0.2, 0) is 10.0 Å². The van der Waals surface area contributed by atoms with Crippen LogP contribution in [0, 0.1) is 5.92 Å². The van der Waals surface area contributed by atoms with E-state index in [2.05, 4.69) is 10.0 Å². The molecule has 2 N–H and O–H groups in total. The summed E-state index contributed by atoms with van der Waals surface area (Å²) < 4.78 is 26.8. The van der Waals surface area contributed by atoms with Crippen molar-refractivity contribution in [3.8, 4) is 0 Å². The zero-order chi connectivity index (χ0) is 20.5. The van der Waals surface area contributed by atoms with E-state index in [1.165, 1.54) is 4.90 Å². The molecule has 28 heavy (non-hydrogen) atoms. The van der Waals surface area contributed by atoms with Gasteiger partial charge in [0.2, 0.25) is 10.0 Å². The van der Waals surface area contributed by atoms with Crippen LogP contribution in [0.5, 0.6) is 0 Å². The summed E-state index contributed by atoms with van der Waals surface area (Å²) in [5, 5.41) is 2.96. The van der Waals surface area contributed by atoms with Crippen LogP contribution in [0.4, 0.5) is 5.69 Å². The van der Waals surface area contributed by atoms with E-state index in [4.69, 9.17) is 0 Å². The highest BCUT2D eigenvalue weighted by molar-refractivity contribution is 7.90. The van der Waals surface area contributed by atoms with Crippen molar-refractivity contribution >= 4 is 27.5 Å². The minimum atomic E-state index is -3.22. The maximum absolute atomic E-state index is 12.3. The third-order valence-corrected chi connectivity index (χ3v) is 7.58. The summed E-state index contributed by atoms with van der Waals surface area (Å²) in [4.78, 5) is 25.7. The van der Waals surface area contributed by atoms with Crippen LogP contribution in [0.15, 0.2) is 18.2 Å². The van der Waals surface area contributed by atoms with Gasteiger partial charge >= 0.3 is 0 Å². The summed E-state index contributed by atoms with van der Waals surface area (Å²) in [6, 6.07) is 5.33. The highest BCUT2D eigenvalue weighted by Gasteiger charge is 2.34. The molecule has 1 saturated carbocycles. The molecule has 1 aliphatic heterocycles. The fourth-order valence-electron chi connectivity index (χ4n) is 3.80. The van der Waals surface area contributed by atoms with Crippen LogP contribution in [-0.4, -0.2) is 49.5 Å². The van der Waals surface area contributed by atoms with Gasteiger partial charge in [0.15, 0.2) is 0 Å². The van der Waals surface area contributed by atoms with Crippen LogP contribution in [0.25, 0.3) is 0 Å². The molecule has 2 amide bonds. The molecule has 154 valence electrons. The van der Waals surface area contributed by atoms with E-state index in [1.54, 1.807) is 32.9 Å².